The van der Waals surface area contributed by atoms with Crippen LogP contribution in [0.5, 0.6) is 0 Å². The van der Waals surface area contributed by atoms with E-state index in [2.05, 4.69) is 53.3 Å². The average Bonchev–Trinajstić information content (AvgIpc) is 3.33. The molecule has 0 aliphatic carbocycles. The topological polar surface area (TPSA) is 105 Å². The molecule has 0 amide bonds. The summed E-state index contributed by atoms with van der Waals surface area (Å²) in [7, 11) is 3.28. The Kier molecular flexibility index (Phi) is 13.3. The number of methoxy groups -OCH3 is 2. The molecule has 9 heteroatoms. The van der Waals surface area contributed by atoms with Gasteiger partial charge in [0, 0.05) is 27.1 Å². The summed E-state index contributed by atoms with van der Waals surface area (Å²) in [4.78, 5) is 0. The average molecular weight is 703 g/mol. The number of hydrogen-bond acceptors (Lipinski definition) is 9. The Hall–Kier alpha value is -1.40. The second-order valence-electron chi connectivity index (χ2n) is 16.4. The molecule has 0 saturated carbocycles. The third-order valence-corrected chi connectivity index (χ3v) is 12.4. The van der Waals surface area contributed by atoms with Crippen LogP contribution in [0.25, 0.3) is 0 Å². The molecule has 13 atom stereocenters. The highest BCUT2D eigenvalue weighted by Gasteiger charge is 2.58. The van der Waals surface area contributed by atoms with Gasteiger partial charge in [-0.15, -0.1) is 0 Å². The zero-order valence-corrected chi connectivity index (χ0v) is 32.0. The van der Waals surface area contributed by atoms with Crippen molar-refractivity contribution in [3.63, 3.8) is 0 Å². The molecule has 0 bridgehead atoms. The first-order chi connectivity index (χ1) is 23.7. The van der Waals surface area contributed by atoms with Crippen LogP contribution in [0.4, 0.5) is 0 Å². The van der Waals surface area contributed by atoms with Crippen LogP contribution in [-0.4, -0.2) is 102 Å². The Morgan fingerprint density at radius 1 is 0.880 bits per heavy atom. The lowest BCUT2D eigenvalue weighted by Gasteiger charge is -2.49. The molecule has 0 radical (unpaired) electrons. The molecule has 7 unspecified atom stereocenters. The Balaban J connectivity index is 1.24. The third kappa shape index (κ3) is 9.03. The summed E-state index contributed by atoms with van der Waals surface area (Å²) in [6, 6.07) is 0. The van der Waals surface area contributed by atoms with Crippen molar-refractivity contribution in [3.05, 3.63) is 48.1 Å². The number of hydrogen-bond donors (Lipinski definition) is 2. The number of rotatable bonds is 11. The van der Waals surface area contributed by atoms with Crippen molar-refractivity contribution in [2.24, 2.45) is 5.92 Å². The molecule has 5 heterocycles. The Labute approximate surface area is 301 Å². The molecule has 2 N–H and O–H groups in total. The summed E-state index contributed by atoms with van der Waals surface area (Å²) in [6.07, 6.45) is 15.5. The molecule has 0 aromatic rings. The number of ether oxygens (including phenoxy) is 7. The van der Waals surface area contributed by atoms with Gasteiger partial charge in [-0.05, 0) is 110 Å². The van der Waals surface area contributed by atoms with E-state index in [1.54, 1.807) is 20.3 Å². The highest BCUT2D eigenvalue weighted by molar-refractivity contribution is 5.27. The second kappa shape index (κ2) is 16.7. The molecule has 9 nitrogen and oxygen atoms in total. The number of allylic oxidation sites excluding steroid dienone is 6. The molecular weight excluding hydrogens is 636 g/mol. The smallest absolute Gasteiger partial charge is 0.176 e. The molecular formula is C41H66O9. The largest absolute Gasteiger partial charge is 0.390 e. The normalized spacial score (nSPS) is 44.4. The Morgan fingerprint density at radius 2 is 1.56 bits per heavy atom. The molecule has 50 heavy (non-hydrogen) atoms. The molecule has 5 rings (SSSR count). The maximum atomic E-state index is 11.8. The SMILES string of the molecule is C=C/C=C\CC[C@H]1OC2CC[C@@]3(C)O[C@H]4C(O)C[C@@]5(C)O[C@@H](CC/C=C(C)/C(C)=C/C(OC)OC)C(C)CC5OC4CC3OC2CC[C@@]1(C)O. The summed E-state index contributed by atoms with van der Waals surface area (Å²) in [5, 5.41) is 23.1. The highest BCUT2D eigenvalue weighted by atomic mass is 16.7. The van der Waals surface area contributed by atoms with Gasteiger partial charge in [-0.1, -0.05) is 43.4 Å². The lowest BCUT2D eigenvalue weighted by Crippen LogP contribution is -2.59. The first-order valence-electron chi connectivity index (χ1n) is 19.1. The standard InChI is InChI=1S/C41H66O9/c1-10-11-12-13-17-34-39(5,43)20-18-31-32(46-34)19-21-40(6)36(47-31)24-33-38(50-40)29(42)25-41(7)35(48-33)22-28(4)30(49-41)16-14-15-26(2)27(3)23-37(44-8)45-9/h10-12,15,23,28-38,42-43H,1,13-14,16-22,24-25H2,2-9H3/b12-11-,26-15+,27-23+/t28?,29?,30-,31?,32?,33?,34+,35?,36?,38-,39+,40+,41+/m0/s1. The molecule has 5 saturated heterocycles. The van der Waals surface area contributed by atoms with Crippen LogP contribution in [0.3, 0.4) is 0 Å². The van der Waals surface area contributed by atoms with Gasteiger partial charge in [-0.25, -0.2) is 0 Å². The quantitative estimate of drug-likeness (QED) is 0.176. The number of aliphatic hydroxyl groups excluding tert-OH is 1. The minimum atomic E-state index is -0.924. The van der Waals surface area contributed by atoms with Crippen LogP contribution in [0.15, 0.2) is 48.1 Å². The van der Waals surface area contributed by atoms with Gasteiger partial charge in [-0.3, -0.25) is 0 Å². The van der Waals surface area contributed by atoms with Gasteiger partial charge in [0.15, 0.2) is 6.29 Å². The van der Waals surface area contributed by atoms with Gasteiger partial charge < -0.3 is 43.4 Å². The highest BCUT2D eigenvalue weighted by Crippen LogP contribution is 2.49. The monoisotopic (exact) mass is 702 g/mol. The van der Waals surface area contributed by atoms with Crippen molar-refractivity contribution in [3.8, 4) is 0 Å². The van der Waals surface area contributed by atoms with Crippen LogP contribution >= 0.6 is 0 Å². The van der Waals surface area contributed by atoms with E-state index in [1.165, 1.54) is 5.57 Å². The molecule has 5 aliphatic heterocycles. The minimum Gasteiger partial charge on any atom is -0.390 e. The maximum Gasteiger partial charge on any atom is 0.176 e. The van der Waals surface area contributed by atoms with Crippen LogP contribution in [0.2, 0.25) is 0 Å². The second-order valence-corrected chi connectivity index (χ2v) is 16.4. The van der Waals surface area contributed by atoms with Gasteiger partial charge in [-0.2, -0.15) is 0 Å². The Morgan fingerprint density at radius 3 is 2.28 bits per heavy atom. The van der Waals surface area contributed by atoms with Crippen molar-refractivity contribution < 1.29 is 43.4 Å². The molecule has 0 spiro atoms. The molecule has 284 valence electrons. The van der Waals surface area contributed by atoms with Gasteiger partial charge in [0.05, 0.1) is 65.6 Å². The van der Waals surface area contributed by atoms with Crippen molar-refractivity contribution >= 4 is 0 Å². The Bertz CT molecular complexity index is 1220. The maximum absolute atomic E-state index is 11.8. The lowest BCUT2D eigenvalue weighted by molar-refractivity contribution is -0.273. The van der Waals surface area contributed by atoms with E-state index in [4.69, 9.17) is 33.2 Å². The fraction of sp³-hybridized carbons (Fsp3) is 0.805. The van der Waals surface area contributed by atoms with E-state index >= 15 is 0 Å². The summed E-state index contributed by atoms with van der Waals surface area (Å²) < 4.78 is 45.0. The molecule has 5 fully saturated rings. The van der Waals surface area contributed by atoms with Crippen LogP contribution in [-0.2, 0) is 33.2 Å². The molecule has 5 aliphatic rings. The van der Waals surface area contributed by atoms with Crippen molar-refractivity contribution in [1.82, 2.24) is 0 Å². The summed E-state index contributed by atoms with van der Waals surface area (Å²) in [5.41, 5.74) is 0.199. The van der Waals surface area contributed by atoms with Gasteiger partial charge in [0.25, 0.3) is 0 Å². The van der Waals surface area contributed by atoms with Crippen molar-refractivity contribution in [1.29, 1.82) is 0 Å². The zero-order valence-electron chi connectivity index (χ0n) is 32.0. The minimum absolute atomic E-state index is 0.0605. The van der Waals surface area contributed by atoms with Crippen LogP contribution in [0.1, 0.15) is 112 Å². The van der Waals surface area contributed by atoms with Crippen LogP contribution in [0, 0.1) is 5.92 Å². The van der Waals surface area contributed by atoms with E-state index in [9.17, 15) is 10.2 Å². The van der Waals surface area contributed by atoms with E-state index in [1.807, 2.05) is 19.1 Å². The fourth-order valence-corrected chi connectivity index (χ4v) is 8.97. The summed E-state index contributed by atoms with van der Waals surface area (Å²) in [6.45, 7) is 16.3. The third-order valence-electron chi connectivity index (χ3n) is 12.4. The van der Waals surface area contributed by atoms with Crippen molar-refractivity contribution in [2.45, 2.75) is 190 Å². The van der Waals surface area contributed by atoms with Gasteiger partial charge >= 0.3 is 0 Å². The van der Waals surface area contributed by atoms with Gasteiger partial charge in [0.1, 0.15) is 6.10 Å². The zero-order chi connectivity index (χ0) is 36.3. The van der Waals surface area contributed by atoms with E-state index < -0.39 is 29.0 Å². The van der Waals surface area contributed by atoms with Crippen LogP contribution < -0.4 is 0 Å². The first-order valence-corrected chi connectivity index (χ1v) is 19.1. The van der Waals surface area contributed by atoms with E-state index in [0.29, 0.717) is 25.2 Å². The molecule has 0 aromatic carbocycles. The predicted octanol–water partition coefficient (Wildman–Crippen LogP) is 6.90. The predicted molar refractivity (Wildman–Crippen MR) is 194 cm³/mol. The first kappa shape index (κ1) is 39.8. The van der Waals surface area contributed by atoms with Crippen molar-refractivity contribution in [2.75, 3.05) is 14.2 Å². The van der Waals surface area contributed by atoms with E-state index in [-0.39, 0.29) is 49.0 Å². The van der Waals surface area contributed by atoms with E-state index in [0.717, 1.165) is 56.9 Å². The fourth-order valence-electron chi connectivity index (χ4n) is 8.97. The number of aliphatic hydroxyl groups is 2. The lowest BCUT2D eigenvalue weighted by atomic mass is 9.79. The molecule has 0 aromatic heterocycles. The van der Waals surface area contributed by atoms with Gasteiger partial charge in [0.2, 0.25) is 0 Å². The number of fused-ring (bicyclic) bond motifs is 4. The summed E-state index contributed by atoms with van der Waals surface area (Å²) in [5.74, 6) is 0.305. The summed E-state index contributed by atoms with van der Waals surface area (Å²) >= 11 is 0.